The Morgan fingerprint density at radius 1 is 0.621 bits per heavy atom. The first-order valence-corrected chi connectivity index (χ1v) is 14.4. The van der Waals surface area contributed by atoms with Gasteiger partial charge in [0, 0.05) is 26.4 Å². The van der Waals surface area contributed by atoms with E-state index in [2.05, 4.69) is 13.8 Å². The Morgan fingerprint density at radius 3 is 1.41 bits per heavy atom. The standard InChI is InChI=1S/C24H51FO3Si/c1-5-7-8-9-10-11-12-13-14-15-18-21-24(22-19-16-17-20-23-25)28-29(6-2,26-3)27-4/h24H,5-23H2,1-4H3. The Morgan fingerprint density at radius 2 is 1.03 bits per heavy atom. The van der Waals surface area contributed by atoms with Crippen molar-refractivity contribution in [2.24, 2.45) is 0 Å². The highest BCUT2D eigenvalue weighted by Gasteiger charge is 2.39. The Bertz CT molecular complexity index is 319. The summed E-state index contributed by atoms with van der Waals surface area (Å²) in [7, 11) is 0.900. The van der Waals surface area contributed by atoms with E-state index in [0.29, 0.717) is 6.42 Å². The van der Waals surface area contributed by atoms with Crippen LogP contribution in [0.4, 0.5) is 4.39 Å². The fourth-order valence-corrected chi connectivity index (χ4v) is 5.77. The highest BCUT2D eigenvalue weighted by Crippen LogP contribution is 2.23. The van der Waals surface area contributed by atoms with Crippen molar-refractivity contribution in [1.29, 1.82) is 0 Å². The highest BCUT2D eigenvalue weighted by atomic mass is 28.4. The van der Waals surface area contributed by atoms with Crippen molar-refractivity contribution >= 4 is 8.80 Å². The van der Waals surface area contributed by atoms with Gasteiger partial charge >= 0.3 is 8.80 Å². The van der Waals surface area contributed by atoms with E-state index in [1.54, 1.807) is 14.2 Å². The van der Waals surface area contributed by atoms with Crippen LogP contribution in [-0.4, -0.2) is 35.8 Å². The van der Waals surface area contributed by atoms with Crippen LogP contribution >= 0.6 is 0 Å². The first kappa shape index (κ1) is 29.0. The largest absolute Gasteiger partial charge is 0.500 e. The fraction of sp³-hybridized carbons (Fsp3) is 1.00. The minimum atomic E-state index is -2.52. The maximum atomic E-state index is 12.3. The summed E-state index contributed by atoms with van der Waals surface area (Å²) in [6, 6.07) is 0.802. The molecule has 0 rings (SSSR count). The minimum absolute atomic E-state index is 0.197. The molecular formula is C24H51FO3Si. The molecule has 29 heavy (non-hydrogen) atoms. The number of rotatable bonds is 23. The van der Waals surface area contributed by atoms with Gasteiger partial charge in [-0.25, -0.2) is 0 Å². The molecule has 0 N–H and O–H groups in total. The molecule has 0 aromatic heterocycles. The lowest BCUT2D eigenvalue weighted by Crippen LogP contribution is -2.46. The average molecular weight is 435 g/mol. The third-order valence-electron chi connectivity index (χ3n) is 5.94. The quantitative estimate of drug-likeness (QED) is 0.120. The summed E-state index contributed by atoms with van der Waals surface area (Å²) in [5.74, 6) is 0. The van der Waals surface area contributed by atoms with Gasteiger partial charge in [0.1, 0.15) is 0 Å². The number of alkyl halides is 1. The lowest BCUT2D eigenvalue weighted by molar-refractivity contribution is 0.0457. The molecule has 0 amide bonds. The van der Waals surface area contributed by atoms with E-state index < -0.39 is 8.80 Å². The molecule has 1 unspecified atom stereocenters. The Labute approximate surface area is 182 Å². The van der Waals surface area contributed by atoms with Crippen molar-refractivity contribution in [3.8, 4) is 0 Å². The van der Waals surface area contributed by atoms with Crippen LogP contribution in [0.2, 0.25) is 6.04 Å². The molecule has 5 heteroatoms. The molecule has 0 saturated carbocycles. The van der Waals surface area contributed by atoms with Crippen molar-refractivity contribution in [1.82, 2.24) is 0 Å². The van der Waals surface area contributed by atoms with Crippen molar-refractivity contribution in [3.05, 3.63) is 0 Å². The second kappa shape index (κ2) is 21.3. The van der Waals surface area contributed by atoms with Gasteiger partial charge in [-0.3, -0.25) is 4.39 Å². The van der Waals surface area contributed by atoms with Crippen LogP contribution in [0.15, 0.2) is 0 Å². The van der Waals surface area contributed by atoms with E-state index in [1.165, 1.54) is 70.6 Å². The average Bonchev–Trinajstić information content (AvgIpc) is 2.75. The lowest BCUT2D eigenvalue weighted by Gasteiger charge is -2.30. The maximum absolute atomic E-state index is 12.3. The summed E-state index contributed by atoms with van der Waals surface area (Å²) in [5, 5.41) is 0. The van der Waals surface area contributed by atoms with E-state index in [0.717, 1.165) is 38.1 Å². The highest BCUT2D eigenvalue weighted by molar-refractivity contribution is 6.60. The number of hydrogen-bond donors (Lipinski definition) is 0. The zero-order valence-corrected chi connectivity index (χ0v) is 21.1. The van der Waals surface area contributed by atoms with Gasteiger partial charge in [-0.1, -0.05) is 104 Å². The smallest absolute Gasteiger partial charge is 0.377 e. The van der Waals surface area contributed by atoms with Crippen LogP contribution in [0.1, 0.15) is 123 Å². The molecule has 0 fully saturated rings. The first-order valence-electron chi connectivity index (χ1n) is 12.5. The van der Waals surface area contributed by atoms with E-state index in [9.17, 15) is 4.39 Å². The molecule has 3 nitrogen and oxygen atoms in total. The summed E-state index contributed by atoms with van der Waals surface area (Å²) in [5.41, 5.74) is 0. The Hall–Kier alpha value is 0.0269. The van der Waals surface area contributed by atoms with Crippen LogP contribution in [-0.2, 0) is 13.3 Å². The van der Waals surface area contributed by atoms with Crippen LogP contribution < -0.4 is 0 Å². The molecule has 0 aliphatic rings. The molecular weight excluding hydrogens is 383 g/mol. The summed E-state index contributed by atoms with van der Waals surface area (Å²) in [4.78, 5) is 0. The summed E-state index contributed by atoms with van der Waals surface area (Å²) in [6.07, 6.45) is 21.2. The molecule has 0 heterocycles. The topological polar surface area (TPSA) is 27.7 Å². The number of hydrogen-bond acceptors (Lipinski definition) is 3. The summed E-state index contributed by atoms with van der Waals surface area (Å²) >= 11 is 0. The van der Waals surface area contributed by atoms with Gasteiger partial charge in [0.05, 0.1) is 6.67 Å². The predicted octanol–water partition coefficient (Wildman–Crippen LogP) is 8.24. The fourth-order valence-electron chi connectivity index (χ4n) is 3.92. The number of halogens is 1. The number of unbranched alkanes of at least 4 members (excludes halogenated alkanes) is 13. The second-order valence-electron chi connectivity index (χ2n) is 8.40. The summed E-state index contributed by atoms with van der Waals surface area (Å²) in [6.45, 7) is 4.16. The first-order chi connectivity index (χ1) is 14.2. The van der Waals surface area contributed by atoms with Gasteiger partial charge in [-0.05, 0) is 19.3 Å². The van der Waals surface area contributed by atoms with Gasteiger partial charge in [-0.2, -0.15) is 0 Å². The molecule has 176 valence electrons. The van der Waals surface area contributed by atoms with Gasteiger partial charge in [-0.15, -0.1) is 0 Å². The molecule has 0 aromatic rings. The van der Waals surface area contributed by atoms with Crippen molar-refractivity contribution in [2.45, 2.75) is 135 Å². The predicted molar refractivity (Wildman–Crippen MR) is 125 cm³/mol. The molecule has 1 atom stereocenters. The monoisotopic (exact) mass is 434 g/mol. The van der Waals surface area contributed by atoms with Crippen molar-refractivity contribution in [2.75, 3.05) is 20.9 Å². The van der Waals surface area contributed by atoms with E-state index in [-0.39, 0.29) is 12.8 Å². The molecule has 0 aromatic carbocycles. The maximum Gasteiger partial charge on any atom is 0.500 e. The Balaban J connectivity index is 4.04. The van der Waals surface area contributed by atoms with E-state index in [1.807, 2.05) is 0 Å². The zero-order valence-electron chi connectivity index (χ0n) is 20.1. The minimum Gasteiger partial charge on any atom is -0.377 e. The molecule has 0 bridgehead atoms. The molecule has 0 spiro atoms. The van der Waals surface area contributed by atoms with Crippen molar-refractivity contribution < 1.29 is 17.7 Å². The summed E-state index contributed by atoms with van der Waals surface area (Å²) < 4.78 is 30.0. The van der Waals surface area contributed by atoms with Crippen LogP contribution in [0.3, 0.4) is 0 Å². The van der Waals surface area contributed by atoms with Gasteiger partial charge in [0.25, 0.3) is 0 Å². The molecule has 0 aliphatic heterocycles. The van der Waals surface area contributed by atoms with Crippen molar-refractivity contribution in [3.63, 3.8) is 0 Å². The van der Waals surface area contributed by atoms with Crippen LogP contribution in [0.5, 0.6) is 0 Å². The third kappa shape index (κ3) is 16.4. The molecule has 0 aliphatic carbocycles. The third-order valence-corrected chi connectivity index (χ3v) is 8.74. The molecule has 0 radical (unpaired) electrons. The second-order valence-corrected chi connectivity index (χ2v) is 11.5. The Kier molecular flexibility index (Phi) is 21.3. The van der Waals surface area contributed by atoms with Gasteiger partial charge in [0.2, 0.25) is 0 Å². The van der Waals surface area contributed by atoms with Crippen LogP contribution in [0, 0.1) is 0 Å². The van der Waals surface area contributed by atoms with Gasteiger partial charge in [0.15, 0.2) is 0 Å². The normalized spacial score (nSPS) is 13.1. The van der Waals surface area contributed by atoms with E-state index in [4.69, 9.17) is 13.3 Å². The van der Waals surface area contributed by atoms with Gasteiger partial charge < -0.3 is 13.3 Å². The molecule has 0 saturated heterocycles. The lowest BCUT2D eigenvalue weighted by atomic mass is 10.0. The van der Waals surface area contributed by atoms with E-state index >= 15 is 0 Å². The zero-order chi connectivity index (χ0) is 21.6. The SMILES string of the molecule is CCCCCCCCCCCCCC(CCCCCCF)O[Si](CC)(OC)OC. The van der Waals surface area contributed by atoms with Crippen LogP contribution in [0.25, 0.3) is 0 Å².